The van der Waals surface area contributed by atoms with E-state index in [1.165, 1.54) is 38.5 Å². The van der Waals surface area contributed by atoms with E-state index in [9.17, 15) is 5.11 Å². The Morgan fingerprint density at radius 3 is 2.62 bits per heavy atom. The highest BCUT2D eigenvalue weighted by Gasteiger charge is 2.42. The molecule has 2 nitrogen and oxygen atoms in total. The molecule has 76 valence electrons. The smallest absolute Gasteiger partial charge is 0.0614 e. The average molecular weight is 183 g/mol. The van der Waals surface area contributed by atoms with Crippen LogP contribution in [-0.2, 0) is 0 Å². The molecule has 13 heavy (non-hydrogen) atoms. The lowest BCUT2D eigenvalue weighted by Crippen LogP contribution is -2.56. The Morgan fingerprint density at radius 2 is 1.85 bits per heavy atom. The van der Waals surface area contributed by atoms with Crippen molar-refractivity contribution < 1.29 is 5.11 Å². The van der Waals surface area contributed by atoms with Crippen molar-refractivity contribution in [3.63, 3.8) is 0 Å². The monoisotopic (exact) mass is 183 g/mol. The maximum Gasteiger partial charge on any atom is 0.0614 e. The lowest BCUT2D eigenvalue weighted by Gasteiger charge is -2.47. The standard InChI is InChI=1S/C11H21NO/c12-11(8-13)7-3-5-9-4-1-2-6-10(9)11/h9-10,13H,1-8,12H2. The Labute approximate surface area is 80.5 Å². The zero-order chi connectivity index (χ0) is 9.31. The summed E-state index contributed by atoms with van der Waals surface area (Å²) in [6, 6.07) is 0. The summed E-state index contributed by atoms with van der Waals surface area (Å²) >= 11 is 0. The summed E-state index contributed by atoms with van der Waals surface area (Å²) in [5, 5.41) is 9.36. The highest BCUT2D eigenvalue weighted by atomic mass is 16.3. The Kier molecular flexibility index (Phi) is 2.61. The van der Waals surface area contributed by atoms with Crippen molar-refractivity contribution >= 4 is 0 Å². The van der Waals surface area contributed by atoms with Gasteiger partial charge in [-0.25, -0.2) is 0 Å². The molecule has 0 radical (unpaired) electrons. The van der Waals surface area contributed by atoms with Crippen molar-refractivity contribution in [2.75, 3.05) is 6.61 Å². The van der Waals surface area contributed by atoms with E-state index in [1.54, 1.807) is 0 Å². The number of hydrogen-bond donors (Lipinski definition) is 2. The van der Waals surface area contributed by atoms with Crippen LogP contribution in [0.25, 0.3) is 0 Å². The lowest BCUT2D eigenvalue weighted by atomic mass is 9.62. The summed E-state index contributed by atoms with van der Waals surface area (Å²) in [5.74, 6) is 1.43. The molecule has 3 unspecified atom stereocenters. The number of fused-ring (bicyclic) bond motifs is 1. The molecule has 0 amide bonds. The molecule has 2 rings (SSSR count). The summed E-state index contributed by atoms with van der Waals surface area (Å²) in [4.78, 5) is 0. The van der Waals surface area contributed by atoms with E-state index in [4.69, 9.17) is 5.73 Å². The fraction of sp³-hybridized carbons (Fsp3) is 1.00. The number of aliphatic hydroxyl groups is 1. The number of nitrogens with two attached hydrogens (primary N) is 1. The molecule has 0 heterocycles. The van der Waals surface area contributed by atoms with E-state index in [0.717, 1.165) is 12.3 Å². The van der Waals surface area contributed by atoms with Gasteiger partial charge in [-0.1, -0.05) is 32.1 Å². The third-order valence-corrected chi connectivity index (χ3v) is 4.16. The first kappa shape index (κ1) is 9.47. The van der Waals surface area contributed by atoms with Crippen molar-refractivity contribution in [1.29, 1.82) is 0 Å². The number of aliphatic hydroxyl groups excluding tert-OH is 1. The van der Waals surface area contributed by atoms with Crippen LogP contribution < -0.4 is 5.73 Å². The third-order valence-electron chi connectivity index (χ3n) is 4.16. The summed E-state index contributed by atoms with van der Waals surface area (Å²) in [6.45, 7) is 0.189. The first-order chi connectivity index (χ1) is 6.26. The first-order valence-electron chi connectivity index (χ1n) is 5.66. The molecule has 2 aliphatic carbocycles. The molecule has 2 saturated carbocycles. The number of rotatable bonds is 1. The Hall–Kier alpha value is -0.0800. The van der Waals surface area contributed by atoms with Crippen LogP contribution in [0, 0.1) is 11.8 Å². The van der Waals surface area contributed by atoms with Crippen LogP contribution in [0.15, 0.2) is 0 Å². The van der Waals surface area contributed by atoms with Gasteiger partial charge >= 0.3 is 0 Å². The molecule has 2 heteroatoms. The molecule has 0 spiro atoms. The van der Waals surface area contributed by atoms with Gasteiger partial charge in [0.25, 0.3) is 0 Å². The van der Waals surface area contributed by atoms with E-state index < -0.39 is 0 Å². The largest absolute Gasteiger partial charge is 0.394 e. The second-order valence-electron chi connectivity index (χ2n) is 4.93. The van der Waals surface area contributed by atoms with Gasteiger partial charge in [0.15, 0.2) is 0 Å². The van der Waals surface area contributed by atoms with Crippen molar-refractivity contribution in [3.05, 3.63) is 0 Å². The van der Waals surface area contributed by atoms with Gasteiger partial charge < -0.3 is 10.8 Å². The second-order valence-corrected chi connectivity index (χ2v) is 4.93. The zero-order valence-electron chi connectivity index (χ0n) is 8.34. The first-order valence-corrected chi connectivity index (χ1v) is 5.66. The molecule has 0 aromatic heterocycles. The maximum absolute atomic E-state index is 9.36. The zero-order valence-corrected chi connectivity index (χ0v) is 8.34. The van der Waals surface area contributed by atoms with Crippen LogP contribution in [-0.4, -0.2) is 17.3 Å². The van der Waals surface area contributed by atoms with Crippen molar-refractivity contribution in [1.82, 2.24) is 0 Å². The fourth-order valence-electron chi connectivity index (χ4n) is 3.39. The van der Waals surface area contributed by atoms with E-state index >= 15 is 0 Å². The minimum absolute atomic E-state index is 0.189. The van der Waals surface area contributed by atoms with Crippen LogP contribution in [0.4, 0.5) is 0 Å². The fourth-order valence-corrected chi connectivity index (χ4v) is 3.39. The van der Waals surface area contributed by atoms with Gasteiger partial charge in [0.1, 0.15) is 0 Å². The van der Waals surface area contributed by atoms with Crippen molar-refractivity contribution in [2.45, 2.75) is 50.5 Å². The van der Waals surface area contributed by atoms with Gasteiger partial charge in [-0.05, 0) is 24.7 Å². The minimum atomic E-state index is -0.233. The van der Waals surface area contributed by atoms with Crippen LogP contribution in [0.5, 0.6) is 0 Å². The Morgan fingerprint density at radius 1 is 1.15 bits per heavy atom. The normalized spacial score (nSPS) is 45.7. The molecule has 0 saturated heterocycles. The summed E-state index contributed by atoms with van der Waals surface area (Å²) in [7, 11) is 0. The highest BCUT2D eigenvalue weighted by molar-refractivity contribution is 4.98. The molecule has 2 aliphatic rings. The van der Waals surface area contributed by atoms with Crippen molar-refractivity contribution in [2.24, 2.45) is 17.6 Å². The van der Waals surface area contributed by atoms with Gasteiger partial charge in [-0.3, -0.25) is 0 Å². The van der Waals surface area contributed by atoms with Gasteiger partial charge in [-0.15, -0.1) is 0 Å². The van der Waals surface area contributed by atoms with Crippen LogP contribution in [0.3, 0.4) is 0 Å². The van der Waals surface area contributed by atoms with E-state index in [0.29, 0.717) is 5.92 Å². The van der Waals surface area contributed by atoms with Crippen LogP contribution in [0.2, 0.25) is 0 Å². The molecule has 3 N–H and O–H groups in total. The van der Waals surface area contributed by atoms with Gasteiger partial charge in [0, 0.05) is 5.54 Å². The predicted octanol–water partition coefficient (Wildman–Crippen LogP) is 1.67. The highest BCUT2D eigenvalue weighted by Crippen LogP contribution is 2.44. The molecule has 0 aromatic carbocycles. The van der Waals surface area contributed by atoms with Crippen LogP contribution >= 0.6 is 0 Å². The van der Waals surface area contributed by atoms with Gasteiger partial charge in [0.05, 0.1) is 6.61 Å². The summed E-state index contributed by atoms with van der Waals surface area (Å²) < 4.78 is 0. The van der Waals surface area contributed by atoms with E-state index in [1.807, 2.05) is 0 Å². The van der Waals surface area contributed by atoms with Crippen LogP contribution in [0.1, 0.15) is 44.9 Å². The van der Waals surface area contributed by atoms with Crippen molar-refractivity contribution in [3.8, 4) is 0 Å². The van der Waals surface area contributed by atoms with Gasteiger partial charge in [0.2, 0.25) is 0 Å². The molecule has 3 atom stereocenters. The molecule has 0 aliphatic heterocycles. The summed E-state index contributed by atoms with van der Waals surface area (Å²) in [5.41, 5.74) is 6.03. The summed E-state index contributed by atoms with van der Waals surface area (Å²) in [6.07, 6.45) is 8.90. The Bertz CT molecular complexity index is 181. The molecular formula is C11H21NO. The van der Waals surface area contributed by atoms with E-state index in [2.05, 4.69) is 0 Å². The maximum atomic E-state index is 9.36. The number of hydrogen-bond acceptors (Lipinski definition) is 2. The SMILES string of the molecule is NC1(CO)CCCC2CCCCC21. The van der Waals surface area contributed by atoms with E-state index in [-0.39, 0.29) is 12.1 Å². The second kappa shape index (κ2) is 3.58. The molecule has 2 fully saturated rings. The lowest BCUT2D eigenvalue weighted by molar-refractivity contribution is 0.0340. The third kappa shape index (κ3) is 1.62. The average Bonchev–Trinajstić information content (AvgIpc) is 2.19. The quantitative estimate of drug-likeness (QED) is 0.649. The predicted molar refractivity (Wildman–Crippen MR) is 53.3 cm³/mol. The minimum Gasteiger partial charge on any atom is -0.394 e. The topological polar surface area (TPSA) is 46.2 Å². The molecule has 0 aromatic rings. The van der Waals surface area contributed by atoms with Gasteiger partial charge in [-0.2, -0.15) is 0 Å². The molecule has 0 bridgehead atoms. The molecular weight excluding hydrogens is 162 g/mol. The Balaban J connectivity index is 2.11.